The summed E-state index contributed by atoms with van der Waals surface area (Å²) in [6.45, 7) is 4.72. The Labute approximate surface area is 137 Å². The van der Waals surface area contributed by atoms with Crippen LogP contribution in [0, 0.1) is 19.8 Å². The van der Waals surface area contributed by atoms with Crippen LogP contribution < -0.4 is 5.32 Å². The normalized spacial score (nSPS) is 20.8. The molecule has 2 amide bonds. The van der Waals surface area contributed by atoms with Gasteiger partial charge in [-0.25, -0.2) is 4.79 Å². The fourth-order valence-corrected chi connectivity index (χ4v) is 3.08. The number of aryl methyl sites for hydroxylation is 1. The SMILES string of the molecule is Cc1cccc(CN(C)C(=O)NC2CCC(C(=O)O)CC2)c1C. The number of carboxylic acids is 1. The van der Waals surface area contributed by atoms with Crippen molar-refractivity contribution >= 4 is 12.0 Å². The van der Waals surface area contributed by atoms with Gasteiger partial charge in [-0.1, -0.05) is 18.2 Å². The number of carbonyl (C=O) groups is 2. The topological polar surface area (TPSA) is 69.6 Å². The van der Waals surface area contributed by atoms with Gasteiger partial charge in [-0.05, 0) is 56.2 Å². The summed E-state index contributed by atoms with van der Waals surface area (Å²) in [5.74, 6) is -0.974. The number of carboxylic acid groups (broad SMARTS) is 1. The lowest BCUT2D eigenvalue weighted by atomic mass is 9.86. The van der Waals surface area contributed by atoms with E-state index in [1.54, 1.807) is 11.9 Å². The molecule has 0 heterocycles. The van der Waals surface area contributed by atoms with Gasteiger partial charge in [-0.15, -0.1) is 0 Å². The molecule has 0 spiro atoms. The van der Waals surface area contributed by atoms with Crippen molar-refractivity contribution in [3.63, 3.8) is 0 Å². The molecule has 0 saturated heterocycles. The Morgan fingerprint density at radius 1 is 1.22 bits per heavy atom. The monoisotopic (exact) mass is 318 g/mol. The van der Waals surface area contributed by atoms with Gasteiger partial charge in [0.1, 0.15) is 0 Å². The number of nitrogens with one attached hydrogen (secondary N) is 1. The van der Waals surface area contributed by atoms with Crippen LogP contribution >= 0.6 is 0 Å². The Morgan fingerprint density at radius 2 is 1.87 bits per heavy atom. The second-order valence-electron chi connectivity index (χ2n) is 6.55. The van der Waals surface area contributed by atoms with Gasteiger partial charge in [0.2, 0.25) is 0 Å². The molecule has 2 N–H and O–H groups in total. The molecule has 0 aromatic heterocycles. The standard InChI is InChI=1S/C18H26N2O3/c1-12-5-4-6-15(13(12)2)11-20(3)18(23)19-16-9-7-14(8-10-16)17(21)22/h4-6,14,16H,7-11H2,1-3H3,(H,19,23)(H,21,22). The summed E-state index contributed by atoms with van der Waals surface area (Å²) >= 11 is 0. The van der Waals surface area contributed by atoms with Crippen LogP contribution in [0.2, 0.25) is 0 Å². The quantitative estimate of drug-likeness (QED) is 0.896. The molecule has 1 saturated carbocycles. The second-order valence-corrected chi connectivity index (χ2v) is 6.55. The lowest BCUT2D eigenvalue weighted by Gasteiger charge is -2.29. The minimum atomic E-state index is -0.721. The first-order valence-corrected chi connectivity index (χ1v) is 8.18. The molecule has 5 nitrogen and oxygen atoms in total. The number of rotatable bonds is 4. The zero-order valence-electron chi connectivity index (χ0n) is 14.1. The molecular formula is C18H26N2O3. The molecule has 0 atom stereocenters. The molecule has 1 fully saturated rings. The third kappa shape index (κ3) is 4.47. The van der Waals surface area contributed by atoms with Gasteiger partial charge >= 0.3 is 12.0 Å². The summed E-state index contributed by atoms with van der Waals surface area (Å²) in [6, 6.07) is 6.12. The van der Waals surface area contributed by atoms with E-state index >= 15 is 0 Å². The molecule has 1 aliphatic rings. The number of hydrogen-bond acceptors (Lipinski definition) is 2. The van der Waals surface area contributed by atoms with Crippen LogP contribution in [0.1, 0.15) is 42.4 Å². The number of benzene rings is 1. The summed E-state index contributed by atoms with van der Waals surface area (Å²) in [6.07, 6.45) is 2.75. The van der Waals surface area contributed by atoms with E-state index < -0.39 is 5.97 Å². The van der Waals surface area contributed by atoms with E-state index in [0.29, 0.717) is 19.4 Å². The van der Waals surface area contributed by atoms with E-state index in [1.807, 2.05) is 12.1 Å². The lowest BCUT2D eigenvalue weighted by molar-refractivity contribution is -0.142. The highest BCUT2D eigenvalue weighted by molar-refractivity contribution is 5.74. The van der Waals surface area contributed by atoms with E-state index in [0.717, 1.165) is 18.4 Å². The summed E-state index contributed by atoms with van der Waals surface area (Å²) < 4.78 is 0. The molecule has 0 radical (unpaired) electrons. The molecular weight excluding hydrogens is 292 g/mol. The molecule has 126 valence electrons. The zero-order valence-corrected chi connectivity index (χ0v) is 14.1. The molecule has 0 unspecified atom stereocenters. The smallest absolute Gasteiger partial charge is 0.317 e. The third-order valence-electron chi connectivity index (χ3n) is 4.88. The molecule has 1 aromatic carbocycles. The van der Waals surface area contributed by atoms with Crippen LogP contribution in [0.5, 0.6) is 0 Å². The lowest BCUT2D eigenvalue weighted by Crippen LogP contribution is -2.44. The first-order valence-electron chi connectivity index (χ1n) is 8.18. The minimum absolute atomic E-state index is 0.0826. The molecule has 2 rings (SSSR count). The molecule has 5 heteroatoms. The zero-order chi connectivity index (χ0) is 17.0. The maximum absolute atomic E-state index is 12.3. The van der Waals surface area contributed by atoms with Gasteiger partial charge in [0.05, 0.1) is 5.92 Å². The number of hydrogen-bond donors (Lipinski definition) is 2. The van der Waals surface area contributed by atoms with Gasteiger partial charge < -0.3 is 15.3 Å². The molecule has 23 heavy (non-hydrogen) atoms. The average Bonchev–Trinajstić information content (AvgIpc) is 2.52. The van der Waals surface area contributed by atoms with Gasteiger partial charge in [-0.2, -0.15) is 0 Å². The molecule has 1 aliphatic carbocycles. The van der Waals surface area contributed by atoms with Crippen molar-refractivity contribution in [3.05, 3.63) is 34.9 Å². The van der Waals surface area contributed by atoms with Crippen LogP contribution in [0.15, 0.2) is 18.2 Å². The number of carbonyl (C=O) groups excluding carboxylic acids is 1. The highest BCUT2D eigenvalue weighted by Gasteiger charge is 2.27. The largest absolute Gasteiger partial charge is 0.481 e. The van der Waals surface area contributed by atoms with Crippen molar-refractivity contribution in [2.75, 3.05) is 7.05 Å². The number of aliphatic carboxylic acids is 1. The highest BCUT2D eigenvalue weighted by Crippen LogP contribution is 2.24. The van der Waals surface area contributed by atoms with Crippen LogP contribution in [-0.4, -0.2) is 35.1 Å². The maximum Gasteiger partial charge on any atom is 0.317 e. The predicted molar refractivity (Wildman–Crippen MR) is 89.3 cm³/mol. The van der Waals surface area contributed by atoms with E-state index in [9.17, 15) is 9.59 Å². The van der Waals surface area contributed by atoms with E-state index in [2.05, 4.69) is 25.2 Å². The van der Waals surface area contributed by atoms with Crippen LogP contribution in [0.4, 0.5) is 4.79 Å². The first-order chi connectivity index (χ1) is 10.9. The van der Waals surface area contributed by atoms with Gasteiger partial charge in [-0.3, -0.25) is 4.79 Å². The minimum Gasteiger partial charge on any atom is -0.481 e. The fraction of sp³-hybridized carbons (Fsp3) is 0.556. The summed E-state index contributed by atoms with van der Waals surface area (Å²) in [5.41, 5.74) is 3.59. The van der Waals surface area contributed by atoms with E-state index in [4.69, 9.17) is 5.11 Å². The first kappa shape index (κ1) is 17.3. The Hall–Kier alpha value is -2.04. The van der Waals surface area contributed by atoms with Gasteiger partial charge in [0.15, 0.2) is 0 Å². The van der Waals surface area contributed by atoms with E-state index in [1.165, 1.54) is 11.1 Å². The van der Waals surface area contributed by atoms with Gasteiger partial charge in [0.25, 0.3) is 0 Å². The fourth-order valence-electron chi connectivity index (χ4n) is 3.08. The Bertz CT molecular complexity index is 578. The predicted octanol–water partition coefficient (Wildman–Crippen LogP) is 3.09. The van der Waals surface area contributed by atoms with Crippen molar-refractivity contribution in [2.45, 2.75) is 52.1 Å². The van der Waals surface area contributed by atoms with Crippen LogP contribution in [0.25, 0.3) is 0 Å². The van der Waals surface area contributed by atoms with Crippen molar-refractivity contribution < 1.29 is 14.7 Å². The second kappa shape index (κ2) is 7.49. The Morgan fingerprint density at radius 3 is 2.48 bits per heavy atom. The summed E-state index contributed by atoms with van der Waals surface area (Å²) in [4.78, 5) is 25.0. The van der Waals surface area contributed by atoms with Gasteiger partial charge in [0, 0.05) is 19.6 Å². The van der Waals surface area contributed by atoms with E-state index in [-0.39, 0.29) is 18.0 Å². The number of amides is 2. The van der Waals surface area contributed by atoms with Crippen molar-refractivity contribution in [3.8, 4) is 0 Å². The number of urea groups is 1. The van der Waals surface area contributed by atoms with Crippen LogP contribution in [0.3, 0.4) is 0 Å². The third-order valence-corrected chi connectivity index (χ3v) is 4.88. The Balaban J connectivity index is 1.86. The number of nitrogens with zero attached hydrogens (tertiary/aromatic N) is 1. The summed E-state index contributed by atoms with van der Waals surface area (Å²) in [7, 11) is 1.79. The molecule has 0 aliphatic heterocycles. The average molecular weight is 318 g/mol. The molecule has 0 bridgehead atoms. The Kier molecular flexibility index (Phi) is 5.64. The van der Waals surface area contributed by atoms with Crippen LogP contribution in [-0.2, 0) is 11.3 Å². The molecule has 1 aromatic rings. The maximum atomic E-state index is 12.3. The summed E-state index contributed by atoms with van der Waals surface area (Å²) in [5, 5.41) is 12.0. The van der Waals surface area contributed by atoms with Crippen molar-refractivity contribution in [2.24, 2.45) is 5.92 Å². The van der Waals surface area contributed by atoms with Crippen molar-refractivity contribution in [1.29, 1.82) is 0 Å². The highest BCUT2D eigenvalue weighted by atomic mass is 16.4. The van der Waals surface area contributed by atoms with Crippen molar-refractivity contribution in [1.82, 2.24) is 10.2 Å².